The molecule has 100 valence electrons. The summed E-state index contributed by atoms with van der Waals surface area (Å²) in [5, 5.41) is 4.07. The Morgan fingerprint density at radius 3 is 2.94 bits per heavy atom. The lowest BCUT2D eigenvalue weighted by atomic mass is 9.98. The van der Waals surface area contributed by atoms with E-state index in [1.165, 1.54) is 0 Å². The molecular weight excluding hydrogens is 314 g/mol. The van der Waals surface area contributed by atoms with E-state index in [1.807, 2.05) is 26.0 Å². The van der Waals surface area contributed by atoms with E-state index < -0.39 is 5.54 Å². The van der Waals surface area contributed by atoms with Crippen LogP contribution in [0.1, 0.15) is 20.3 Å². The second-order valence-corrected chi connectivity index (χ2v) is 6.05. The molecule has 3 N–H and O–H groups in total. The van der Waals surface area contributed by atoms with Crippen LogP contribution in [0.25, 0.3) is 0 Å². The molecular formula is C12H18BrN3OS. The number of aromatic nitrogens is 1. The Labute approximate surface area is 120 Å². The fourth-order valence-corrected chi connectivity index (χ4v) is 3.16. The lowest BCUT2D eigenvalue weighted by Gasteiger charge is -2.26. The predicted octanol–water partition coefficient (Wildman–Crippen LogP) is 2.18. The zero-order valence-corrected chi connectivity index (χ0v) is 13.0. The Morgan fingerprint density at radius 2 is 2.39 bits per heavy atom. The normalized spacial score (nSPS) is 14.2. The highest BCUT2D eigenvalue weighted by Gasteiger charge is 2.29. The Hall–Kier alpha value is -0.590. The van der Waals surface area contributed by atoms with Crippen LogP contribution in [0.5, 0.6) is 0 Å². The van der Waals surface area contributed by atoms with Crippen molar-refractivity contribution in [2.45, 2.75) is 30.8 Å². The molecule has 0 aliphatic carbocycles. The minimum Gasteiger partial charge on any atom is -0.368 e. The third kappa shape index (κ3) is 4.26. The van der Waals surface area contributed by atoms with Crippen molar-refractivity contribution < 1.29 is 4.79 Å². The number of hydrogen-bond acceptors (Lipinski definition) is 4. The van der Waals surface area contributed by atoms with E-state index in [4.69, 9.17) is 5.73 Å². The van der Waals surface area contributed by atoms with Gasteiger partial charge in [-0.3, -0.25) is 4.79 Å². The highest BCUT2D eigenvalue weighted by molar-refractivity contribution is 9.10. The lowest BCUT2D eigenvalue weighted by molar-refractivity contribution is -0.123. The summed E-state index contributed by atoms with van der Waals surface area (Å²) in [7, 11) is 0. The van der Waals surface area contributed by atoms with Gasteiger partial charge in [-0.2, -0.15) is 0 Å². The Kier molecular flexibility index (Phi) is 6.11. The van der Waals surface area contributed by atoms with Gasteiger partial charge in [0.25, 0.3) is 0 Å². The maximum absolute atomic E-state index is 11.4. The molecule has 4 nitrogen and oxygen atoms in total. The van der Waals surface area contributed by atoms with E-state index in [9.17, 15) is 4.79 Å². The second-order valence-electron chi connectivity index (χ2n) is 4.12. The van der Waals surface area contributed by atoms with E-state index in [1.54, 1.807) is 18.0 Å². The molecule has 1 aromatic heterocycles. The standard InChI is InChI=1S/C12H18BrN3OS/c1-3-16-12(2,11(14)17)6-8-18-10-9(13)5-4-7-15-10/h4-5,7,16H,3,6,8H2,1-2H3,(H2,14,17). The minimum absolute atomic E-state index is 0.315. The van der Waals surface area contributed by atoms with Crippen molar-refractivity contribution in [3.05, 3.63) is 22.8 Å². The van der Waals surface area contributed by atoms with Crippen LogP contribution in [0.2, 0.25) is 0 Å². The molecule has 1 rings (SSSR count). The van der Waals surface area contributed by atoms with Crippen molar-refractivity contribution in [1.29, 1.82) is 0 Å². The first-order valence-corrected chi connectivity index (χ1v) is 7.55. The number of amides is 1. The number of nitrogens with zero attached hydrogens (tertiary/aromatic N) is 1. The second kappa shape index (κ2) is 7.11. The number of carbonyl (C=O) groups is 1. The average molecular weight is 332 g/mol. The third-order valence-corrected chi connectivity index (χ3v) is 4.59. The van der Waals surface area contributed by atoms with E-state index >= 15 is 0 Å². The number of pyridine rings is 1. The summed E-state index contributed by atoms with van der Waals surface area (Å²) >= 11 is 5.06. The Bertz CT molecular complexity index is 416. The number of hydrogen-bond donors (Lipinski definition) is 2. The fraction of sp³-hybridized carbons (Fsp3) is 0.500. The van der Waals surface area contributed by atoms with Crippen molar-refractivity contribution in [2.75, 3.05) is 12.3 Å². The van der Waals surface area contributed by atoms with Gasteiger partial charge in [-0.05, 0) is 48.0 Å². The number of primary amides is 1. The van der Waals surface area contributed by atoms with Gasteiger partial charge < -0.3 is 11.1 Å². The fourth-order valence-electron chi connectivity index (χ4n) is 1.52. The average Bonchev–Trinajstić information content (AvgIpc) is 2.32. The van der Waals surface area contributed by atoms with Crippen LogP contribution < -0.4 is 11.1 Å². The number of thioether (sulfide) groups is 1. The van der Waals surface area contributed by atoms with E-state index in [0.717, 1.165) is 21.8 Å². The summed E-state index contributed by atoms with van der Waals surface area (Å²) in [4.78, 5) is 15.7. The highest BCUT2D eigenvalue weighted by atomic mass is 79.9. The predicted molar refractivity (Wildman–Crippen MR) is 78.6 cm³/mol. The van der Waals surface area contributed by atoms with Crippen LogP contribution in [0, 0.1) is 0 Å². The molecule has 6 heteroatoms. The van der Waals surface area contributed by atoms with E-state index in [-0.39, 0.29) is 5.91 Å². The van der Waals surface area contributed by atoms with Crippen molar-refractivity contribution in [2.24, 2.45) is 5.73 Å². The molecule has 0 aromatic carbocycles. The molecule has 1 aromatic rings. The van der Waals surface area contributed by atoms with Gasteiger partial charge in [0, 0.05) is 16.4 Å². The van der Waals surface area contributed by atoms with E-state index in [0.29, 0.717) is 6.42 Å². The first-order chi connectivity index (χ1) is 8.49. The summed E-state index contributed by atoms with van der Waals surface area (Å²) in [6, 6.07) is 3.83. The monoisotopic (exact) mass is 331 g/mol. The Balaban J connectivity index is 2.54. The first-order valence-electron chi connectivity index (χ1n) is 5.78. The number of carbonyl (C=O) groups excluding carboxylic acids is 1. The highest BCUT2D eigenvalue weighted by Crippen LogP contribution is 2.26. The molecule has 18 heavy (non-hydrogen) atoms. The van der Waals surface area contributed by atoms with Crippen LogP contribution in [-0.4, -0.2) is 28.7 Å². The largest absolute Gasteiger partial charge is 0.368 e. The van der Waals surface area contributed by atoms with Crippen LogP contribution >= 0.6 is 27.7 Å². The molecule has 0 saturated carbocycles. The van der Waals surface area contributed by atoms with Gasteiger partial charge in [0.15, 0.2) is 0 Å². The number of halogens is 1. The zero-order valence-electron chi connectivity index (χ0n) is 10.6. The first kappa shape index (κ1) is 15.5. The van der Waals surface area contributed by atoms with Crippen LogP contribution in [-0.2, 0) is 4.79 Å². The maximum Gasteiger partial charge on any atom is 0.237 e. The smallest absolute Gasteiger partial charge is 0.237 e. The molecule has 0 aliphatic rings. The molecule has 1 heterocycles. The molecule has 1 amide bonds. The number of nitrogens with two attached hydrogens (primary N) is 1. The topological polar surface area (TPSA) is 68.0 Å². The summed E-state index contributed by atoms with van der Waals surface area (Å²) in [6.07, 6.45) is 2.43. The maximum atomic E-state index is 11.4. The van der Waals surface area contributed by atoms with Gasteiger partial charge in [-0.1, -0.05) is 6.92 Å². The van der Waals surface area contributed by atoms with Gasteiger partial charge in [-0.15, -0.1) is 11.8 Å². The summed E-state index contributed by atoms with van der Waals surface area (Å²) in [5.74, 6) is 0.465. The van der Waals surface area contributed by atoms with Crippen molar-refractivity contribution in [3.8, 4) is 0 Å². The summed E-state index contributed by atoms with van der Waals surface area (Å²) < 4.78 is 0.972. The molecule has 0 spiro atoms. The van der Waals surface area contributed by atoms with Gasteiger partial charge in [0.1, 0.15) is 5.03 Å². The van der Waals surface area contributed by atoms with Crippen molar-refractivity contribution >= 4 is 33.6 Å². The van der Waals surface area contributed by atoms with Crippen LogP contribution in [0.4, 0.5) is 0 Å². The number of rotatable bonds is 7. The van der Waals surface area contributed by atoms with Crippen LogP contribution in [0.15, 0.2) is 27.8 Å². The number of likely N-dealkylation sites (N-methyl/N-ethyl adjacent to an activating group) is 1. The molecule has 0 saturated heterocycles. The van der Waals surface area contributed by atoms with Gasteiger partial charge in [0.2, 0.25) is 5.91 Å². The van der Waals surface area contributed by atoms with Gasteiger partial charge in [-0.25, -0.2) is 4.98 Å². The Morgan fingerprint density at radius 1 is 1.67 bits per heavy atom. The molecule has 1 atom stereocenters. The molecule has 0 bridgehead atoms. The third-order valence-electron chi connectivity index (χ3n) is 2.68. The molecule has 0 aliphatic heterocycles. The molecule has 0 fully saturated rings. The molecule has 0 radical (unpaired) electrons. The van der Waals surface area contributed by atoms with Crippen molar-refractivity contribution in [1.82, 2.24) is 10.3 Å². The molecule has 1 unspecified atom stereocenters. The summed E-state index contributed by atoms with van der Waals surface area (Å²) in [6.45, 7) is 4.52. The number of nitrogens with one attached hydrogen (secondary N) is 1. The van der Waals surface area contributed by atoms with Crippen molar-refractivity contribution in [3.63, 3.8) is 0 Å². The SMILES string of the molecule is CCNC(C)(CCSc1ncccc1Br)C(N)=O. The zero-order chi connectivity index (χ0) is 13.6. The minimum atomic E-state index is -0.650. The lowest BCUT2D eigenvalue weighted by Crippen LogP contribution is -2.53. The quantitative estimate of drug-likeness (QED) is 0.751. The van der Waals surface area contributed by atoms with Crippen LogP contribution in [0.3, 0.4) is 0 Å². The van der Waals surface area contributed by atoms with Gasteiger partial charge >= 0.3 is 0 Å². The summed E-state index contributed by atoms with van der Waals surface area (Å²) in [5.41, 5.74) is 4.78. The van der Waals surface area contributed by atoms with E-state index in [2.05, 4.69) is 26.2 Å². The van der Waals surface area contributed by atoms with Gasteiger partial charge in [0.05, 0.1) is 5.54 Å².